The van der Waals surface area contributed by atoms with Crippen LogP contribution in [0.4, 0.5) is 0 Å². The Kier molecular flexibility index (Phi) is 9.80. The Bertz CT molecular complexity index is 1050. The molecule has 8 heteroatoms. The van der Waals surface area contributed by atoms with Crippen LogP contribution in [-0.2, 0) is 9.53 Å². The van der Waals surface area contributed by atoms with Crippen molar-refractivity contribution in [1.29, 1.82) is 0 Å². The fraction of sp³-hybridized carbons (Fsp3) is 0.385. The normalized spacial score (nSPS) is 14.7. The first kappa shape index (κ1) is 26.1. The van der Waals surface area contributed by atoms with Crippen molar-refractivity contribution in [3.8, 4) is 17.2 Å². The molecule has 1 fully saturated rings. The maximum atomic E-state index is 12.5. The van der Waals surface area contributed by atoms with E-state index in [1.807, 2.05) is 50.3 Å². The maximum absolute atomic E-state index is 12.5. The molecule has 2 aromatic carbocycles. The summed E-state index contributed by atoms with van der Waals surface area (Å²) in [4.78, 5) is 14.7. The van der Waals surface area contributed by atoms with Crippen molar-refractivity contribution >= 4 is 40.3 Å². The van der Waals surface area contributed by atoms with E-state index in [-0.39, 0.29) is 5.91 Å². The van der Waals surface area contributed by atoms with E-state index in [9.17, 15) is 4.79 Å². The highest BCUT2D eigenvalue weighted by molar-refractivity contribution is 8.26. The van der Waals surface area contributed by atoms with Gasteiger partial charge in [0.2, 0.25) is 0 Å². The third-order valence-electron chi connectivity index (χ3n) is 5.22. The highest BCUT2D eigenvalue weighted by atomic mass is 32.2. The maximum Gasteiger partial charge on any atom is 0.266 e. The smallest absolute Gasteiger partial charge is 0.266 e. The molecule has 0 bridgehead atoms. The molecule has 182 valence electrons. The number of carbonyl (C=O) groups excluding carboxylic acids is 1. The van der Waals surface area contributed by atoms with Gasteiger partial charge >= 0.3 is 0 Å². The number of carbonyl (C=O) groups is 1. The van der Waals surface area contributed by atoms with Crippen LogP contribution in [0.3, 0.4) is 0 Å². The van der Waals surface area contributed by atoms with Crippen LogP contribution in [0.5, 0.6) is 17.2 Å². The molecule has 34 heavy (non-hydrogen) atoms. The average molecular weight is 502 g/mol. The quantitative estimate of drug-likeness (QED) is 0.219. The molecule has 1 aliphatic heterocycles. The minimum Gasteiger partial charge on any atom is -0.491 e. The number of rotatable bonds is 12. The van der Waals surface area contributed by atoms with Crippen LogP contribution in [-0.4, -0.2) is 54.7 Å². The minimum atomic E-state index is -0.0607. The Morgan fingerprint density at radius 3 is 2.35 bits per heavy atom. The first-order chi connectivity index (χ1) is 16.4. The van der Waals surface area contributed by atoms with Crippen LogP contribution in [0.2, 0.25) is 0 Å². The predicted octanol–water partition coefficient (Wildman–Crippen LogP) is 5.40. The van der Waals surface area contributed by atoms with Crippen LogP contribution < -0.4 is 14.2 Å². The van der Waals surface area contributed by atoms with Crippen molar-refractivity contribution in [2.75, 3.05) is 39.6 Å². The molecule has 1 saturated heterocycles. The lowest BCUT2D eigenvalue weighted by molar-refractivity contribution is -0.121. The van der Waals surface area contributed by atoms with Gasteiger partial charge in [0.25, 0.3) is 5.91 Å². The highest BCUT2D eigenvalue weighted by Gasteiger charge is 2.30. The van der Waals surface area contributed by atoms with E-state index in [2.05, 4.69) is 19.9 Å². The number of benzene rings is 2. The van der Waals surface area contributed by atoms with Crippen molar-refractivity contribution < 1.29 is 23.7 Å². The van der Waals surface area contributed by atoms with Gasteiger partial charge in [0.15, 0.2) is 11.5 Å². The molecular formula is C26H31NO5S2. The Labute approximate surface area is 211 Å². The zero-order valence-electron chi connectivity index (χ0n) is 20.1. The Morgan fingerprint density at radius 2 is 1.68 bits per heavy atom. The zero-order valence-corrected chi connectivity index (χ0v) is 21.7. The number of thiocarbonyl (C=S) groups is 1. The standard InChI is InChI=1S/C26H31NO5S2/c1-5-27-25(28)24(34-26(27)33)17-20-8-10-22(23(16-20)30-6-2)32-14-12-29-11-13-31-21-9-7-18(3)19(4)15-21/h7-10,15-17H,5-6,11-14H2,1-4H3. The second kappa shape index (κ2) is 12.8. The van der Waals surface area contributed by atoms with Gasteiger partial charge in [-0.2, -0.15) is 0 Å². The van der Waals surface area contributed by atoms with E-state index in [1.165, 1.54) is 22.9 Å². The topological polar surface area (TPSA) is 57.2 Å². The van der Waals surface area contributed by atoms with Gasteiger partial charge in [-0.05, 0) is 74.7 Å². The van der Waals surface area contributed by atoms with Gasteiger partial charge in [-0.3, -0.25) is 9.69 Å². The molecule has 0 atom stereocenters. The summed E-state index contributed by atoms with van der Waals surface area (Å²) < 4.78 is 23.6. The van der Waals surface area contributed by atoms with E-state index in [4.69, 9.17) is 31.2 Å². The summed E-state index contributed by atoms with van der Waals surface area (Å²) in [6.07, 6.45) is 1.83. The van der Waals surface area contributed by atoms with Crippen LogP contribution in [0.15, 0.2) is 41.3 Å². The summed E-state index contributed by atoms with van der Waals surface area (Å²) >= 11 is 6.60. The molecule has 1 heterocycles. The third-order valence-corrected chi connectivity index (χ3v) is 6.59. The molecule has 0 spiro atoms. The Morgan fingerprint density at radius 1 is 0.912 bits per heavy atom. The van der Waals surface area contributed by atoms with Crippen LogP contribution in [0, 0.1) is 13.8 Å². The minimum absolute atomic E-state index is 0.0607. The number of likely N-dealkylation sites (N-methyl/N-ethyl adjacent to an activating group) is 1. The van der Waals surface area contributed by atoms with Gasteiger partial charge in [-0.25, -0.2) is 0 Å². The van der Waals surface area contributed by atoms with Gasteiger partial charge in [0.1, 0.15) is 23.3 Å². The molecule has 0 saturated carbocycles. The monoisotopic (exact) mass is 501 g/mol. The van der Waals surface area contributed by atoms with E-state index >= 15 is 0 Å². The Balaban J connectivity index is 1.48. The lowest BCUT2D eigenvalue weighted by Crippen LogP contribution is -2.27. The van der Waals surface area contributed by atoms with Crippen molar-refractivity contribution in [2.24, 2.45) is 0 Å². The lowest BCUT2D eigenvalue weighted by Gasteiger charge is -2.13. The number of ether oxygens (including phenoxy) is 4. The molecule has 1 amide bonds. The second-order valence-corrected chi connectivity index (χ2v) is 9.30. The largest absolute Gasteiger partial charge is 0.491 e. The average Bonchev–Trinajstić information content (AvgIpc) is 3.08. The van der Waals surface area contributed by atoms with Crippen LogP contribution in [0.25, 0.3) is 6.08 Å². The second-order valence-electron chi connectivity index (χ2n) is 7.62. The molecule has 0 aliphatic carbocycles. The van der Waals surface area contributed by atoms with Crippen molar-refractivity contribution in [1.82, 2.24) is 4.90 Å². The molecule has 2 aromatic rings. The summed E-state index contributed by atoms with van der Waals surface area (Å²) in [6.45, 7) is 10.8. The summed E-state index contributed by atoms with van der Waals surface area (Å²) in [7, 11) is 0. The van der Waals surface area contributed by atoms with Gasteiger partial charge in [-0.15, -0.1) is 0 Å². The van der Waals surface area contributed by atoms with Crippen molar-refractivity contribution in [2.45, 2.75) is 27.7 Å². The van der Waals surface area contributed by atoms with Crippen molar-refractivity contribution in [3.05, 3.63) is 58.0 Å². The number of nitrogens with zero attached hydrogens (tertiary/aromatic N) is 1. The van der Waals surface area contributed by atoms with Crippen molar-refractivity contribution in [3.63, 3.8) is 0 Å². The van der Waals surface area contributed by atoms with E-state index in [0.717, 1.165) is 11.3 Å². The summed E-state index contributed by atoms with van der Waals surface area (Å²) in [5.74, 6) is 2.05. The zero-order chi connectivity index (χ0) is 24.5. The fourth-order valence-corrected chi connectivity index (χ4v) is 4.64. The van der Waals surface area contributed by atoms with Crippen LogP contribution in [0.1, 0.15) is 30.5 Å². The molecule has 0 N–H and O–H groups in total. The number of hydrogen-bond acceptors (Lipinski definition) is 7. The van der Waals surface area contributed by atoms with E-state index in [0.29, 0.717) is 60.3 Å². The molecule has 0 aromatic heterocycles. The first-order valence-corrected chi connectivity index (χ1v) is 12.6. The van der Waals surface area contributed by atoms with Gasteiger partial charge in [0, 0.05) is 6.54 Å². The molecule has 1 aliphatic rings. The lowest BCUT2D eigenvalue weighted by atomic mass is 10.1. The molecule has 6 nitrogen and oxygen atoms in total. The fourth-order valence-electron chi connectivity index (χ4n) is 3.26. The highest BCUT2D eigenvalue weighted by Crippen LogP contribution is 2.34. The molecular weight excluding hydrogens is 470 g/mol. The van der Waals surface area contributed by atoms with Gasteiger partial charge in [-0.1, -0.05) is 36.1 Å². The number of hydrogen-bond donors (Lipinski definition) is 0. The number of aryl methyl sites for hydroxylation is 2. The first-order valence-electron chi connectivity index (χ1n) is 11.4. The summed E-state index contributed by atoms with van der Waals surface area (Å²) in [6, 6.07) is 11.7. The number of amides is 1. The molecule has 0 radical (unpaired) electrons. The third kappa shape index (κ3) is 6.98. The summed E-state index contributed by atoms with van der Waals surface area (Å²) in [5.41, 5.74) is 3.31. The van der Waals surface area contributed by atoms with E-state index < -0.39 is 0 Å². The molecule has 3 rings (SSSR count). The van der Waals surface area contributed by atoms with Gasteiger partial charge in [0.05, 0.1) is 24.7 Å². The number of thioether (sulfide) groups is 1. The predicted molar refractivity (Wildman–Crippen MR) is 141 cm³/mol. The summed E-state index contributed by atoms with van der Waals surface area (Å²) in [5, 5.41) is 0. The SMILES string of the molecule is CCOc1cc(C=C2SC(=S)N(CC)C2=O)ccc1OCCOCCOc1ccc(C)c(C)c1. The Hall–Kier alpha value is -2.55. The van der Waals surface area contributed by atoms with Crippen LogP contribution >= 0.6 is 24.0 Å². The van der Waals surface area contributed by atoms with Gasteiger partial charge < -0.3 is 18.9 Å². The van der Waals surface area contributed by atoms with E-state index in [1.54, 1.807) is 4.90 Å². The molecule has 0 unspecified atom stereocenters.